The van der Waals surface area contributed by atoms with Crippen LogP contribution in [0.1, 0.15) is 36.2 Å². The number of hydrogen-bond acceptors (Lipinski definition) is 5. The number of rotatable bonds is 11. The van der Waals surface area contributed by atoms with Crippen molar-refractivity contribution in [1.82, 2.24) is 5.32 Å². The summed E-state index contributed by atoms with van der Waals surface area (Å²) < 4.78 is 30.8. The third-order valence-electron chi connectivity index (χ3n) is 4.43. The van der Waals surface area contributed by atoms with Gasteiger partial charge < -0.3 is 10.1 Å². The fourth-order valence-electron chi connectivity index (χ4n) is 2.91. The van der Waals surface area contributed by atoms with Crippen molar-refractivity contribution in [3.05, 3.63) is 59.7 Å². The highest BCUT2D eigenvalue weighted by Gasteiger charge is 2.21. The molecule has 0 saturated carbocycles. The molecule has 30 heavy (non-hydrogen) atoms. The molecule has 7 nitrogen and oxygen atoms in total. The van der Waals surface area contributed by atoms with Crippen LogP contribution in [-0.2, 0) is 21.2 Å². The Bertz CT molecular complexity index is 971. The second-order valence-corrected chi connectivity index (χ2v) is 8.81. The van der Waals surface area contributed by atoms with Crippen molar-refractivity contribution >= 4 is 27.4 Å². The van der Waals surface area contributed by atoms with Gasteiger partial charge in [-0.3, -0.25) is 13.9 Å². The summed E-state index contributed by atoms with van der Waals surface area (Å²) in [5.41, 5.74) is 1.80. The summed E-state index contributed by atoms with van der Waals surface area (Å²) in [6, 6.07) is 14.0. The molecule has 0 bridgehead atoms. The Morgan fingerprint density at radius 1 is 1.10 bits per heavy atom. The number of ether oxygens (including phenoxy) is 1. The summed E-state index contributed by atoms with van der Waals surface area (Å²) in [4.78, 5) is 23.9. The van der Waals surface area contributed by atoms with Gasteiger partial charge in [0.1, 0.15) is 12.3 Å². The third kappa shape index (κ3) is 7.18. The first-order valence-electron chi connectivity index (χ1n) is 9.78. The molecular formula is C22H28N2O5S. The molecule has 1 amide bonds. The molecule has 0 spiro atoms. The van der Waals surface area contributed by atoms with E-state index in [4.69, 9.17) is 4.74 Å². The van der Waals surface area contributed by atoms with Gasteiger partial charge in [-0.2, -0.15) is 0 Å². The van der Waals surface area contributed by atoms with E-state index in [1.54, 1.807) is 18.2 Å². The van der Waals surface area contributed by atoms with Crippen LogP contribution >= 0.6 is 0 Å². The minimum atomic E-state index is -3.69. The van der Waals surface area contributed by atoms with Crippen LogP contribution in [0.3, 0.4) is 0 Å². The fourth-order valence-corrected chi connectivity index (χ4v) is 3.75. The number of sulfonamides is 1. The normalized spacial score (nSPS) is 11.0. The number of Topliss-reactive ketones (excluding diaryl/α,β-unsaturated/α-hetero) is 1. The second kappa shape index (κ2) is 10.8. The Morgan fingerprint density at radius 3 is 2.40 bits per heavy atom. The molecule has 0 aliphatic heterocycles. The predicted octanol–water partition coefficient (Wildman–Crippen LogP) is 2.80. The van der Waals surface area contributed by atoms with Crippen LogP contribution in [0, 0.1) is 0 Å². The number of hydrogen-bond donors (Lipinski definition) is 1. The lowest BCUT2D eigenvalue weighted by atomic mass is 10.1. The molecule has 2 rings (SSSR count). The molecule has 162 valence electrons. The van der Waals surface area contributed by atoms with Crippen molar-refractivity contribution in [2.75, 3.05) is 30.3 Å². The van der Waals surface area contributed by atoms with Crippen LogP contribution in [-0.4, -0.2) is 46.1 Å². The first-order valence-corrected chi connectivity index (χ1v) is 11.6. The Morgan fingerprint density at radius 2 is 1.80 bits per heavy atom. The number of carbonyl (C=O) groups excluding carboxylic acids is 2. The Labute approximate surface area is 178 Å². The number of aryl methyl sites for hydroxylation is 1. The molecule has 0 aliphatic rings. The lowest BCUT2D eigenvalue weighted by molar-refractivity contribution is -0.119. The van der Waals surface area contributed by atoms with Crippen molar-refractivity contribution in [2.45, 2.75) is 26.7 Å². The van der Waals surface area contributed by atoms with Gasteiger partial charge in [-0.1, -0.05) is 24.3 Å². The van der Waals surface area contributed by atoms with Gasteiger partial charge in [0.25, 0.3) is 0 Å². The SMILES string of the molecule is CCOc1ccc(CCCNC(=O)CN(c2cccc(C(C)=O)c2)S(C)(=O)=O)cc1. The zero-order valence-corrected chi connectivity index (χ0v) is 18.4. The van der Waals surface area contributed by atoms with E-state index in [-0.39, 0.29) is 18.0 Å². The quantitative estimate of drug-likeness (QED) is 0.435. The molecule has 0 fully saturated rings. The second-order valence-electron chi connectivity index (χ2n) is 6.91. The van der Waals surface area contributed by atoms with Crippen molar-refractivity contribution in [3.8, 4) is 5.75 Å². The van der Waals surface area contributed by atoms with Gasteiger partial charge in [-0.15, -0.1) is 0 Å². The van der Waals surface area contributed by atoms with E-state index in [1.165, 1.54) is 13.0 Å². The minimum absolute atomic E-state index is 0.177. The fraction of sp³-hybridized carbons (Fsp3) is 0.364. The largest absolute Gasteiger partial charge is 0.494 e. The highest BCUT2D eigenvalue weighted by Crippen LogP contribution is 2.19. The minimum Gasteiger partial charge on any atom is -0.494 e. The van der Waals surface area contributed by atoms with Crippen LogP contribution in [0.15, 0.2) is 48.5 Å². The van der Waals surface area contributed by atoms with E-state index in [2.05, 4.69) is 5.32 Å². The van der Waals surface area contributed by atoms with E-state index < -0.39 is 15.9 Å². The summed E-state index contributed by atoms with van der Waals surface area (Å²) in [6.07, 6.45) is 2.54. The van der Waals surface area contributed by atoms with Crippen LogP contribution in [0.4, 0.5) is 5.69 Å². The van der Waals surface area contributed by atoms with Crippen molar-refractivity contribution in [2.24, 2.45) is 0 Å². The zero-order chi connectivity index (χ0) is 22.1. The topological polar surface area (TPSA) is 92.8 Å². The molecule has 0 aliphatic carbocycles. The predicted molar refractivity (Wildman–Crippen MR) is 118 cm³/mol. The molecule has 2 aromatic carbocycles. The van der Waals surface area contributed by atoms with E-state index in [1.807, 2.05) is 31.2 Å². The maximum Gasteiger partial charge on any atom is 0.240 e. The lowest BCUT2D eigenvalue weighted by Crippen LogP contribution is -2.40. The van der Waals surface area contributed by atoms with Gasteiger partial charge >= 0.3 is 0 Å². The zero-order valence-electron chi connectivity index (χ0n) is 17.6. The summed E-state index contributed by atoms with van der Waals surface area (Å²) >= 11 is 0. The van der Waals surface area contributed by atoms with Crippen molar-refractivity contribution in [3.63, 3.8) is 0 Å². The molecule has 0 heterocycles. The first-order chi connectivity index (χ1) is 14.2. The number of anilines is 1. The molecule has 0 aromatic heterocycles. The molecular weight excluding hydrogens is 404 g/mol. The summed E-state index contributed by atoms with van der Waals surface area (Å²) in [5, 5.41) is 2.76. The smallest absolute Gasteiger partial charge is 0.240 e. The van der Waals surface area contributed by atoms with Gasteiger partial charge in [-0.25, -0.2) is 8.42 Å². The summed E-state index contributed by atoms with van der Waals surface area (Å²) in [6.45, 7) is 4.04. The monoisotopic (exact) mass is 432 g/mol. The maximum atomic E-state index is 12.3. The third-order valence-corrected chi connectivity index (χ3v) is 5.57. The number of nitrogens with zero attached hydrogens (tertiary/aromatic N) is 1. The van der Waals surface area contributed by atoms with E-state index in [9.17, 15) is 18.0 Å². The average Bonchev–Trinajstić information content (AvgIpc) is 2.70. The van der Waals surface area contributed by atoms with Crippen molar-refractivity contribution < 1.29 is 22.7 Å². The first kappa shape index (κ1) is 23.4. The number of ketones is 1. The maximum absolute atomic E-state index is 12.3. The molecule has 0 saturated heterocycles. The highest BCUT2D eigenvalue weighted by atomic mass is 32.2. The van der Waals surface area contributed by atoms with Gasteiger partial charge in [0.15, 0.2) is 5.78 Å². The highest BCUT2D eigenvalue weighted by molar-refractivity contribution is 7.92. The molecule has 0 radical (unpaired) electrons. The van der Waals surface area contributed by atoms with E-state index in [0.29, 0.717) is 18.7 Å². The standard InChI is InChI=1S/C22H28N2O5S/c1-4-29-21-12-10-18(11-13-21)7-6-14-23-22(26)16-24(30(3,27)28)20-9-5-8-19(15-20)17(2)25/h5,8-13,15H,4,6-7,14,16H2,1-3H3,(H,23,26). The van der Waals surface area contributed by atoms with Gasteiger partial charge in [0.2, 0.25) is 15.9 Å². The molecule has 0 unspecified atom stereocenters. The number of amides is 1. The molecule has 1 N–H and O–H groups in total. The van der Waals surface area contributed by atoms with Gasteiger partial charge in [-0.05, 0) is 56.5 Å². The lowest BCUT2D eigenvalue weighted by Gasteiger charge is -2.22. The van der Waals surface area contributed by atoms with Gasteiger partial charge in [0, 0.05) is 12.1 Å². The number of carbonyl (C=O) groups is 2. The van der Waals surface area contributed by atoms with Crippen LogP contribution in [0.25, 0.3) is 0 Å². The molecule has 0 atom stereocenters. The van der Waals surface area contributed by atoms with Crippen LogP contribution in [0.5, 0.6) is 5.75 Å². The molecule has 8 heteroatoms. The van der Waals surface area contributed by atoms with Crippen LogP contribution < -0.4 is 14.4 Å². The van der Waals surface area contributed by atoms with Gasteiger partial charge in [0.05, 0.1) is 18.6 Å². The summed E-state index contributed by atoms with van der Waals surface area (Å²) in [5.74, 6) is 0.244. The molecule has 2 aromatic rings. The number of nitrogens with one attached hydrogen (secondary N) is 1. The Kier molecular flexibility index (Phi) is 8.41. The Balaban J connectivity index is 1.90. The van der Waals surface area contributed by atoms with Crippen LogP contribution in [0.2, 0.25) is 0 Å². The van der Waals surface area contributed by atoms with E-state index >= 15 is 0 Å². The van der Waals surface area contributed by atoms with Crippen molar-refractivity contribution in [1.29, 1.82) is 0 Å². The Hall–Kier alpha value is -2.87. The number of benzene rings is 2. The van der Waals surface area contributed by atoms with E-state index in [0.717, 1.165) is 34.7 Å². The average molecular weight is 433 g/mol. The summed E-state index contributed by atoms with van der Waals surface area (Å²) in [7, 11) is -3.69.